The highest BCUT2D eigenvalue weighted by Crippen LogP contribution is 2.26. The fraction of sp³-hybridized carbons (Fsp3) is 0.133. The molecule has 1 amide bonds. The van der Waals surface area contributed by atoms with E-state index in [2.05, 4.69) is 10.6 Å². The zero-order valence-electron chi connectivity index (χ0n) is 11.3. The molecule has 2 aromatic rings. The number of anilines is 3. The van der Waals surface area contributed by atoms with Gasteiger partial charge in [0.25, 0.3) is 5.91 Å². The Balaban J connectivity index is 2.28. The maximum Gasteiger partial charge on any atom is 0.251 e. The van der Waals surface area contributed by atoms with Crippen LogP contribution in [0, 0.1) is 12.7 Å². The highest BCUT2D eigenvalue weighted by Gasteiger charge is 2.08. The first kappa shape index (κ1) is 13.9. The highest BCUT2D eigenvalue weighted by molar-refractivity contribution is 5.96. The van der Waals surface area contributed by atoms with E-state index in [-0.39, 0.29) is 11.7 Å². The number of nitrogens with one attached hydrogen (secondary N) is 2. The average Bonchev–Trinajstić information content (AvgIpc) is 2.42. The maximum atomic E-state index is 13.8. The van der Waals surface area contributed by atoms with E-state index in [1.165, 1.54) is 6.07 Å². The number of hydrogen-bond acceptors (Lipinski definition) is 3. The minimum Gasteiger partial charge on any atom is -0.397 e. The molecule has 0 fully saturated rings. The van der Waals surface area contributed by atoms with Crippen molar-refractivity contribution in [1.29, 1.82) is 0 Å². The highest BCUT2D eigenvalue weighted by atomic mass is 19.1. The van der Waals surface area contributed by atoms with E-state index < -0.39 is 0 Å². The molecule has 0 saturated carbocycles. The number of benzene rings is 2. The Bertz CT molecular complexity index is 656. The van der Waals surface area contributed by atoms with Crippen LogP contribution in [0.4, 0.5) is 21.5 Å². The van der Waals surface area contributed by atoms with E-state index in [0.29, 0.717) is 22.6 Å². The van der Waals surface area contributed by atoms with Crippen LogP contribution in [0.3, 0.4) is 0 Å². The van der Waals surface area contributed by atoms with Crippen molar-refractivity contribution >= 4 is 23.0 Å². The average molecular weight is 273 g/mol. The number of carbonyl (C=O) groups excluding carboxylic acids is 1. The number of nitrogen functional groups attached to an aromatic ring is 1. The molecule has 2 rings (SSSR count). The molecule has 20 heavy (non-hydrogen) atoms. The van der Waals surface area contributed by atoms with Crippen LogP contribution in [0.1, 0.15) is 15.9 Å². The molecule has 0 aromatic heterocycles. The number of aryl methyl sites for hydroxylation is 1. The number of nitrogens with two attached hydrogens (primary N) is 1. The molecule has 2 aromatic carbocycles. The molecule has 104 valence electrons. The second kappa shape index (κ2) is 5.61. The zero-order chi connectivity index (χ0) is 14.7. The fourth-order valence-corrected chi connectivity index (χ4v) is 1.83. The van der Waals surface area contributed by atoms with Crippen molar-refractivity contribution in [3.63, 3.8) is 0 Å². The molecule has 0 spiro atoms. The molecule has 0 atom stereocenters. The first-order valence-electron chi connectivity index (χ1n) is 6.16. The summed E-state index contributed by atoms with van der Waals surface area (Å²) in [5.74, 6) is -0.565. The van der Waals surface area contributed by atoms with E-state index in [9.17, 15) is 9.18 Å². The van der Waals surface area contributed by atoms with Crippen molar-refractivity contribution in [3.8, 4) is 0 Å². The molecule has 0 radical (unpaired) electrons. The van der Waals surface area contributed by atoms with Gasteiger partial charge >= 0.3 is 0 Å². The van der Waals surface area contributed by atoms with Crippen LogP contribution in [-0.2, 0) is 0 Å². The van der Waals surface area contributed by atoms with Gasteiger partial charge in [0.2, 0.25) is 0 Å². The summed E-state index contributed by atoms with van der Waals surface area (Å²) in [5.41, 5.74) is 8.46. The van der Waals surface area contributed by atoms with Crippen LogP contribution in [0.2, 0.25) is 0 Å². The maximum absolute atomic E-state index is 13.8. The lowest BCUT2D eigenvalue weighted by atomic mass is 10.1. The van der Waals surface area contributed by atoms with Gasteiger partial charge in [0, 0.05) is 12.6 Å². The van der Waals surface area contributed by atoms with E-state index in [1.807, 2.05) is 6.92 Å². The van der Waals surface area contributed by atoms with E-state index in [0.717, 1.165) is 5.56 Å². The van der Waals surface area contributed by atoms with Gasteiger partial charge in [-0.1, -0.05) is 6.07 Å². The van der Waals surface area contributed by atoms with Crippen molar-refractivity contribution in [2.24, 2.45) is 0 Å². The number of rotatable bonds is 3. The molecule has 0 aliphatic carbocycles. The van der Waals surface area contributed by atoms with Gasteiger partial charge in [-0.25, -0.2) is 4.39 Å². The number of halogens is 1. The number of amides is 1. The van der Waals surface area contributed by atoms with Crippen LogP contribution in [-0.4, -0.2) is 13.0 Å². The normalized spacial score (nSPS) is 10.2. The molecule has 0 unspecified atom stereocenters. The van der Waals surface area contributed by atoms with E-state index in [4.69, 9.17) is 5.73 Å². The second-order valence-corrected chi connectivity index (χ2v) is 4.49. The lowest BCUT2D eigenvalue weighted by molar-refractivity contribution is 0.0963. The summed E-state index contributed by atoms with van der Waals surface area (Å²) in [4.78, 5) is 11.5. The molecule has 0 aliphatic rings. The topological polar surface area (TPSA) is 67.2 Å². The summed E-state index contributed by atoms with van der Waals surface area (Å²) in [6.45, 7) is 1.82. The summed E-state index contributed by atoms with van der Waals surface area (Å²) in [6, 6.07) is 9.73. The van der Waals surface area contributed by atoms with E-state index in [1.54, 1.807) is 37.4 Å². The minimum atomic E-state index is -0.347. The predicted octanol–water partition coefficient (Wildman–Crippen LogP) is 2.82. The van der Waals surface area contributed by atoms with Crippen molar-refractivity contribution in [3.05, 3.63) is 53.3 Å². The molecule has 4 N–H and O–H groups in total. The third kappa shape index (κ3) is 2.88. The van der Waals surface area contributed by atoms with Gasteiger partial charge in [-0.2, -0.15) is 0 Å². The van der Waals surface area contributed by atoms with Gasteiger partial charge in [0.05, 0.1) is 17.1 Å². The molecule has 5 heteroatoms. The van der Waals surface area contributed by atoms with Crippen molar-refractivity contribution < 1.29 is 9.18 Å². The zero-order valence-corrected chi connectivity index (χ0v) is 11.3. The first-order valence-corrected chi connectivity index (χ1v) is 6.16. The Morgan fingerprint density at radius 2 is 1.85 bits per heavy atom. The summed E-state index contributed by atoms with van der Waals surface area (Å²) in [7, 11) is 1.55. The van der Waals surface area contributed by atoms with Gasteiger partial charge in [0.15, 0.2) is 0 Å². The molecule has 0 bridgehead atoms. The van der Waals surface area contributed by atoms with Crippen LogP contribution >= 0.6 is 0 Å². The summed E-state index contributed by atoms with van der Waals surface area (Å²) in [5, 5.41) is 5.44. The largest absolute Gasteiger partial charge is 0.397 e. The molecule has 0 aliphatic heterocycles. The third-order valence-electron chi connectivity index (χ3n) is 2.93. The second-order valence-electron chi connectivity index (χ2n) is 4.49. The molecular weight excluding hydrogens is 257 g/mol. The Kier molecular flexibility index (Phi) is 3.89. The number of carbonyl (C=O) groups is 1. The third-order valence-corrected chi connectivity index (χ3v) is 2.93. The van der Waals surface area contributed by atoms with Crippen molar-refractivity contribution in [1.82, 2.24) is 5.32 Å². The van der Waals surface area contributed by atoms with Gasteiger partial charge in [-0.15, -0.1) is 0 Å². The Morgan fingerprint density at radius 3 is 2.45 bits per heavy atom. The summed E-state index contributed by atoms with van der Waals surface area (Å²) >= 11 is 0. The van der Waals surface area contributed by atoms with Gasteiger partial charge < -0.3 is 16.4 Å². The predicted molar refractivity (Wildman–Crippen MR) is 78.7 cm³/mol. The van der Waals surface area contributed by atoms with Crippen molar-refractivity contribution in [2.45, 2.75) is 6.92 Å². The molecule has 4 nitrogen and oxygen atoms in total. The Morgan fingerprint density at radius 1 is 1.15 bits per heavy atom. The van der Waals surface area contributed by atoms with Crippen LogP contribution < -0.4 is 16.4 Å². The van der Waals surface area contributed by atoms with E-state index >= 15 is 0 Å². The molecule has 0 saturated heterocycles. The first-order chi connectivity index (χ1) is 9.51. The fourth-order valence-electron chi connectivity index (χ4n) is 1.83. The molecular formula is C15H16FN3O. The smallest absolute Gasteiger partial charge is 0.251 e. The minimum absolute atomic E-state index is 0.218. The van der Waals surface area contributed by atoms with Crippen LogP contribution in [0.25, 0.3) is 0 Å². The monoisotopic (exact) mass is 273 g/mol. The van der Waals surface area contributed by atoms with Crippen molar-refractivity contribution in [2.75, 3.05) is 18.1 Å². The quantitative estimate of drug-likeness (QED) is 0.753. The lowest BCUT2D eigenvalue weighted by Crippen LogP contribution is -2.18. The standard InChI is InChI=1S/C15H16FN3O/c1-9-3-5-13(11(16)7-9)19-14-6-4-10(8-12(14)17)15(20)18-2/h3-8,19H,17H2,1-2H3,(H,18,20). The Labute approximate surface area is 116 Å². The summed E-state index contributed by atoms with van der Waals surface area (Å²) < 4.78 is 13.8. The van der Waals surface area contributed by atoms with Gasteiger partial charge in [0.1, 0.15) is 5.82 Å². The van der Waals surface area contributed by atoms with Crippen LogP contribution in [0.5, 0.6) is 0 Å². The SMILES string of the molecule is CNC(=O)c1ccc(Nc2ccc(C)cc2F)c(N)c1. The lowest BCUT2D eigenvalue weighted by Gasteiger charge is -2.11. The van der Waals surface area contributed by atoms with Gasteiger partial charge in [-0.05, 0) is 42.8 Å². The Hall–Kier alpha value is -2.56. The van der Waals surface area contributed by atoms with Gasteiger partial charge in [-0.3, -0.25) is 4.79 Å². The number of hydrogen-bond donors (Lipinski definition) is 3. The van der Waals surface area contributed by atoms with Crippen LogP contribution in [0.15, 0.2) is 36.4 Å². The molecule has 0 heterocycles. The summed E-state index contributed by atoms with van der Waals surface area (Å²) in [6.07, 6.45) is 0.